The zero-order chi connectivity index (χ0) is 26.0. The van der Waals surface area contributed by atoms with Crippen molar-refractivity contribution in [2.45, 2.75) is 122 Å². The molecule has 0 radical (unpaired) electrons. The largest absolute Gasteiger partial charge is 0.481 e. The second-order valence-corrected chi connectivity index (χ2v) is 9.80. The van der Waals surface area contributed by atoms with E-state index in [1.165, 1.54) is 38.5 Å². The molecule has 0 aliphatic carbocycles. The number of ether oxygens (including phenoxy) is 1. The van der Waals surface area contributed by atoms with Gasteiger partial charge in [0.05, 0.1) is 0 Å². The van der Waals surface area contributed by atoms with Crippen molar-refractivity contribution in [1.82, 2.24) is 4.90 Å². The van der Waals surface area contributed by atoms with Crippen LogP contribution in [0.1, 0.15) is 115 Å². The van der Waals surface area contributed by atoms with Crippen molar-refractivity contribution < 1.29 is 29.0 Å². The van der Waals surface area contributed by atoms with Gasteiger partial charge in [-0.2, -0.15) is 0 Å². The molecule has 1 aromatic rings. The fourth-order valence-corrected chi connectivity index (χ4v) is 4.68. The molecule has 2 amide bonds. The van der Waals surface area contributed by atoms with Crippen molar-refractivity contribution in [1.29, 1.82) is 0 Å². The Morgan fingerprint density at radius 1 is 0.750 bits per heavy atom. The van der Waals surface area contributed by atoms with Gasteiger partial charge in [-0.25, -0.2) is 4.79 Å². The lowest BCUT2D eigenvalue weighted by atomic mass is 10.0. The summed E-state index contributed by atoms with van der Waals surface area (Å²) in [5.74, 6) is -1.75. The van der Waals surface area contributed by atoms with Crippen LogP contribution in [0.15, 0.2) is 30.3 Å². The second-order valence-electron chi connectivity index (χ2n) is 9.80. The fraction of sp³-hybridized carbons (Fsp3) is 0.655. The summed E-state index contributed by atoms with van der Waals surface area (Å²) in [5, 5.41) is 8.63. The molecule has 1 aliphatic rings. The number of amides is 2. The first-order valence-corrected chi connectivity index (χ1v) is 13.8. The van der Waals surface area contributed by atoms with Gasteiger partial charge in [-0.1, -0.05) is 107 Å². The molecule has 1 fully saturated rings. The molecule has 1 atom stereocenters. The predicted octanol–water partition coefficient (Wildman–Crippen LogP) is 6.18. The van der Waals surface area contributed by atoms with E-state index in [0.717, 1.165) is 55.4 Å². The van der Waals surface area contributed by atoms with Crippen molar-refractivity contribution in [2.75, 3.05) is 0 Å². The van der Waals surface area contributed by atoms with E-state index in [-0.39, 0.29) is 37.7 Å². The van der Waals surface area contributed by atoms with Crippen molar-refractivity contribution in [3.05, 3.63) is 35.9 Å². The number of likely N-dealkylation sites (tertiary alicyclic amines) is 1. The lowest BCUT2D eigenvalue weighted by molar-refractivity contribution is -0.159. The topological polar surface area (TPSA) is 101 Å². The van der Waals surface area contributed by atoms with Crippen LogP contribution in [0.25, 0.3) is 0 Å². The molecule has 1 N–H and O–H groups in total. The Morgan fingerprint density at radius 2 is 1.22 bits per heavy atom. The van der Waals surface area contributed by atoms with Crippen LogP contribution in [-0.4, -0.2) is 39.8 Å². The van der Waals surface area contributed by atoms with Gasteiger partial charge in [0, 0.05) is 19.3 Å². The summed E-state index contributed by atoms with van der Waals surface area (Å²) >= 11 is 0. The summed E-state index contributed by atoms with van der Waals surface area (Å²) in [5.41, 5.74) is 0.874. The third kappa shape index (κ3) is 11.8. The van der Waals surface area contributed by atoms with E-state index in [1.54, 1.807) is 0 Å². The van der Waals surface area contributed by atoms with Gasteiger partial charge >= 0.3 is 11.9 Å². The minimum absolute atomic E-state index is 0.136. The maximum Gasteiger partial charge on any atom is 0.329 e. The number of esters is 1. The Labute approximate surface area is 215 Å². The number of carbonyl (C=O) groups is 4. The monoisotopic (exact) mass is 501 g/mol. The molecule has 200 valence electrons. The zero-order valence-corrected chi connectivity index (χ0v) is 21.6. The summed E-state index contributed by atoms with van der Waals surface area (Å²) in [6, 6.07) is 8.58. The Morgan fingerprint density at radius 3 is 1.72 bits per heavy atom. The lowest BCUT2D eigenvalue weighted by Gasteiger charge is -2.24. The maximum atomic E-state index is 12.8. The third-order valence-corrected chi connectivity index (χ3v) is 6.77. The molecule has 0 saturated carbocycles. The van der Waals surface area contributed by atoms with Gasteiger partial charge in [0.15, 0.2) is 0 Å². The minimum atomic E-state index is -0.819. The maximum absolute atomic E-state index is 12.8. The number of imide groups is 1. The van der Waals surface area contributed by atoms with E-state index in [9.17, 15) is 19.2 Å². The summed E-state index contributed by atoms with van der Waals surface area (Å²) in [6.45, 7) is 0.136. The molecule has 1 unspecified atom stereocenters. The normalized spacial score (nSPS) is 14.3. The predicted molar refractivity (Wildman–Crippen MR) is 138 cm³/mol. The third-order valence-electron chi connectivity index (χ3n) is 6.77. The van der Waals surface area contributed by atoms with Crippen LogP contribution in [-0.2, 0) is 30.5 Å². The average Bonchev–Trinajstić information content (AvgIpc) is 3.20. The van der Waals surface area contributed by atoms with E-state index in [4.69, 9.17) is 9.84 Å². The van der Waals surface area contributed by atoms with Gasteiger partial charge in [0.25, 0.3) is 0 Å². The number of hydrogen-bond donors (Lipinski definition) is 1. The standard InChI is InChI=1S/C29H43NO6/c31-26-21-22-27(32)30(26)25(29(35)36-23-24-17-13-12-14-18-24)19-15-10-8-6-4-2-1-3-5-7-9-11-16-20-28(33)34/h12-14,17-18,25H,1-11,15-16,19-23H2,(H,33,34). The quantitative estimate of drug-likeness (QED) is 0.130. The first-order chi connectivity index (χ1) is 17.5. The molecule has 1 saturated heterocycles. The zero-order valence-electron chi connectivity index (χ0n) is 21.6. The van der Waals surface area contributed by atoms with E-state index in [1.807, 2.05) is 30.3 Å². The highest BCUT2D eigenvalue weighted by molar-refractivity contribution is 6.05. The van der Waals surface area contributed by atoms with Gasteiger partial charge < -0.3 is 9.84 Å². The molecule has 7 nitrogen and oxygen atoms in total. The summed E-state index contributed by atoms with van der Waals surface area (Å²) in [4.78, 5) is 48.9. The first kappa shape index (κ1) is 29.5. The number of carboxylic acids is 1. The molecular formula is C29H43NO6. The number of carboxylic acid groups (broad SMARTS) is 1. The molecule has 36 heavy (non-hydrogen) atoms. The van der Waals surface area contributed by atoms with E-state index in [0.29, 0.717) is 6.42 Å². The van der Waals surface area contributed by atoms with Gasteiger partial charge in [-0.15, -0.1) is 0 Å². The molecule has 0 aromatic heterocycles. The van der Waals surface area contributed by atoms with E-state index in [2.05, 4.69) is 0 Å². The average molecular weight is 502 g/mol. The van der Waals surface area contributed by atoms with Crippen molar-refractivity contribution in [3.8, 4) is 0 Å². The molecule has 0 bridgehead atoms. The minimum Gasteiger partial charge on any atom is -0.481 e. The Kier molecular flexibility index (Phi) is 14.5. The second kappa shape index (κ2) is 17.7. The Hall–Kier alpha value is -2.70. The molecular weight excluding hydrogens is 458 g/mol. The Balaban J connectivity index is 1.57. The van der Waals surface area contributed by atoms with Crippen LogP contribution in [0.2, 0.25) is 0 Å². The number of carbonyl (C=O) groups excluding carboxylic acids is 3. The molecule has 1 aliphatic heterocycles. The SMILES string of the molecule is O=C(O)CCCCCCCCCCCCCCCC(C(=O)OCc1ccccc1)N1C(=O)CCC1=O. The number of unbranched alkanes of at least 4 members (excludes halogenated alkanes) is 12. The summed E-state index contributed by atoms with van der Waals surface area (Å²) in [6.07, 6.45) is 15.3. The van der Waals surface area contributed by atoms with Crippen molar-refractivity contribution in [3.63, 3.8) is 0 Å². The smallest absolute Gasteiger partial charge is 0.329 e. The van der Waals surface area contributed by atoms with Crippen LogP contribution in [0.3, 0.4) is 0 Å². The highest BCUT2D eigenvalue weighted by Gasteiger charge is 2.39. The number of rotatable bonds is 20. The van der Waals surface area contributed by atoms with Gasteiger partial charge in [-0.3, -0.25) is 19.3 Å². The van der Waals surface area contributed by atoms with Gasteiger partial charge in [0.2, 0.25) is 11.8 Å². The number of aliphatic carboxylic acids is 1. The molecule has 1 aromatic carbocycles. The first-order valence-electron chi connectivity index (χ1n) is 13.8. The number of hydrogen-bond acceptors (Lipinski definition) is 5. The summed E-state index contributed by atoms with van der Waals surface area (Å²) in [7, 11) is 0. The lowest BCUT2D eigenvalue weighted by Crippen LogP contribution is -2.45. The van der Waals surface area contributed by atoms with Gasteiger partial charge in [-0.05, 0) is 18.4 Å². The molecule has 7 heteroatoms. The van der Waals surface area contributed by atoms with Crippen molar-refractivity contribution >= 4 is 23.8 Å². The van der Waals surface area contributed by atoms with Crippen LogP contribution < -0.4 is 0 Å². The van der Waals surface area contributed by atoms with Crippen LogP contribution in [0, 0.1) is 0 Å². The Bertz CT molecular complexity index is 793. The van der Waals surface area contributed by atoms with Crippen LogP contribution in [0.5, 0.6) is 0 Å². The van der Waals surface area contributed by atoms with Gasteiger partial charge in [0.1, 0.15) is 12.6 Å². The van der Waals surface area contributed by atoms with Crippen LogP contribution >= 0.6 is 0 Å². The molecule has 0 spiro atoms. The van der Waals surface area contributed by atoms with Crippen molar-refractivity contribution in [2.24, 2.45) is 0 Å². The molecule has 2 rings (SSSR count). The molecule has 1 heterocycles. The summed E-state index contributed by atoms with van der Waals surface area (Å²) < 4.78 is 5.47. The fourth-order valence-electron chi connectivity index (χ4n) is 4.68. The highest BCUT2D eigenvalue weighted by atomic mass is 16.5. The number of benzene rings is 1. The number of nitrogens with zero attached hydrogens (tertiary/aromatic N) is 1. The van der Waals surface area contributed by atoms with Crippen LogP contribution in [0.4, 0.5) is 0 Å². The van der Waals surface area contributed by atoms with E-state index >= 15 is 0 Å². The highest BCUT2D eigenvalue weighted by Crippen LogP contribution is 2.22. The van der Waals surface area contributed by atoms with E-state index < -0.39 is 18.0 Å².